The fraction of sp³-hybridized carbons (Fsp3) is 0.470. The number of nitrogens with two attached hydrogens (primary N) is 4. The van der Waals surface area contributed by atoms with E-state index in [1.807, 2.05) is 69.3 Å². The first kappa shape index (κ1) is 78.8. The van der Waals surface area contributed by atoms with E-state index < -0.39 is 151 Å². The van der Waals surface area contributed by atoms with Crippen LogP contribution in [0.1, 0.15) is 113 Å². The Bertz CT molecular complexity index is 3350. The number of aliphatic carboxylic acids is 1. The van der Waals surface area contributed by atoms with Gasteiger partial charge in [0.25, 0.3) is 5.84 Å². The summed E-state index contributed by atoms with van der Waals surface area (Å²) in [4.78, 5) is 136. The highest BCUT2D eigenvalue weighted by Gasteiger charge is 2.42. The Morgan fingerprint density at radius 3 is 1.86 bits per heavy atom. The third kappa shape index (κ3) is 25.3. The van der Waals surface area contributed by atoms with E-state index in [-0.39, 0.29) is 30.7 Å². The molecule has 0 saturated carbocycles. The van der Waals surface area contributed by atoms with Crippen molar-refractivity contribution in [3.8, 4) is 16.9 Å². The summed E-state index contributed by atoms with van der Waals surface area (Å²) in [5.74, 6) is -6.78. The molecule has 0 fully saturated rings. The van der Waals surface area contributed by atoms with Gasteiger partial charge in [-0.05, 0) is 118 Å². The van der Waals surface area contributed by atoms with Crippen molar-refractivity contribution in [3.63, 3.8) is 0 Å². The number of primary amides is 1. The summed E-state index contributed by atoms with van der Waals surface area (Å²) in [6.45, 7) is 9.82. The molecule has 4 aromatic carbocycles. The molecule has 10 atom stereocenters. The number of halogens is 1. The maximum Gasteiger partial charge on any atom is 0.305 e. The van der Waals surface area contributed by atoms with Crippen LogP contribution in [0.4, 0.5) is 4.39 Å². The van der Waals surface area contributed by atoms with Crippen LogP contribution in [0.5, 0.6) is 5.75 Å². The predicted molar refractivity (Wildman–Crippen MR) is 352 cm³/mol. The van der Waals surface area contributed by atoms with Crippen LogP contribution in [0.3, 0.4) is 0 Å². The van der Waals surface area contributed by atoms with Crippen LogP contribution in [-0.4, -0.2) is 165 Å². The highest BCUT2D eigenvalue weighted by Crippen LogP contribution is 2.29. The van der Waals surface area contributed by atoms with Crippen LogP contribution < -0.4 is 81.0 Å². The van der Waals surface area contributed by atoms with Crippen LogP contribution in [0, 0.1) is 19.7 Å². The first-order valence-corrected chi connectivity index (χ1v) is 31.6. The molecule has 9 amide bonds. The topological polar surface area (TPSA) is 487 Å². The van der Waals surface area contributed by atoms with E-state index >= 15 is 4.39 Å². The van der Waals surface area contributed by atoms with Gasteiger partial charge in [0.05, 0.1) is 50.8 Å². The van der Waals surface area contributed by atoms with E-state index in [0.717, 1.165) is 85.2 Å². The largest absolute Gasteiger partial charge is 0.494 e. The molecule has 0 bridgehead atoms. The van der Waals surface area contributed by atoms with Gasteiger partial charge >= 0.3 is 5.97 Å². The Labute approximate surface area is 556 Å². The molecule has 10 unspecified atom stereocenters. The molecule has 22 N–H and O–H groups in total. The number of rotatable bonds is 40. The Morgan fingerprint density at radius 1 is 0.667 bits per heavy atom. The summed E-state index contributed by atoms with van der Waals surface area (Å²) >= 11 is 0. The quantitative estimate of drug-likeness (QED) is 0.00703. The summed E-state index contributed by atoms with van der Waals surface area (Å²) in [7, 11) is 0. The van der Waals surface area contributed by atoms with E-state index in [0.29, 0.717) is 31.4 Å². The minimum absolute atomic E-state index is 0.0194. The van der Waals surface area contributed by atoms with Gasteiger partial charge in [-0.25, -0.2) is 10.2 Å². The maximum atomic E-state index is 15.3. The predicted octanol–water partition coefficient (Wildman–Crippen LogP) is -2.80. The third-order valence-electron chi connectivity index (χ3n) is 15.5. The number of aryl methyl sites for hydroxylation is 4. The van der Waals surface area contributed by atoms with Crippen molar-refractivity contribution >= 4 is 65.0 Å². The molecule has 4 rings (SSSR count). The number of carboxylic acid groups (broad SMARTS) is 1. The second kappa shape index (κ2) is 38.7. The minimum atomic E-state index is -2.33. The minimum Gasteiger partial charge on any atom is -0.494 e. The number of aliphatic hydroxyl groups excluding tert-OH is 3. The van der Waals surface area contributed by atoms with E-state index in [2.05, 4.69) is 60.1 Å². The summed E-state index contributed by atoms with van der Waals surface area (Å²) in [5, 5.41) is 63.1. The molecule has 96 heavy (non-hydrogen) atoms. The third-order valence-corrected chi connectivity index (χ3v) is 15.5. The lowest BCUT2D eigenvalue weighted by Crippen LogP contribution is -2.87. The fourth-order valence-electron chi connectivity index (χ4n) is 10.4. The highest BCUT2D eigenvalue weighted by atomic mass is 19.1. The molecule has 4 aromatic rings. The molecule has 30 heteroatoms. The van der Waals surface area contributed by atoms with Crippen LogP contribution >= 0.6 is 0 Å². The van der Waals surface area contributed by atoms with E-state index in [1.165, 1.54) is 18.2 Å². The second-order valence-corrected chi connectivity index (χ2v) is 23.8. The van der Waals surface area contributed by atoms with E-state index in [9.17, 15) is 68.4 Å². The Hall–Kier alpha value is -9.62. The Morgan fingerprint density at radius 2 is 1.27 bits per heavy atom. The molecule has 0 aliphatic carbocycles. The molecular weight excluding hydrogens is 1250 g/mol. The SMILES string of the molecule is CCCCCOc1ccc(-c2ccc(CC(NC(=O)C(CC(=O)O)NC(=O)C(CO)NC(=O)C(NC(=O)C(C)(Cc3ccccc3F)NC(=O)C(NC(=O)CNC(=O)C(N)CC(N)=[NH+]NN)C(C)O)C(C)O)C(=O)NC(CCCc3cc(C)cc(C)c3)C(N)=O)cc2)c(CC)c1. The van der Waals surface area contributed by atoms with Gasteiger partial charge in [-0.1, -0.05) is 105 Å². The number of aliphatic hydroxyl groups is 3. The fourth-order valence-corrected chi connectivity index (χ4v) is 10.4. The van der Waals surface area contributed by atoms with Crippen LogP contribution in [0.25, 0.3) is 11.1 Å². The summed E-state index contributed by atoms with van der Waals surface area (Å²) in [6, 6.07) is 11.9. The molecule has 0 spiro atoms. The van der Waals surface area contributed by atoms with Crippen molar-refractivity contribution in [1.82, 2.24) is 48.1 Å². The summed E-state index contributed by atoms with van der Waals surface area (Å²) < 4.78 is 21.3. The first-order valence-electron chi connectivity index (χ1n) is 31.6. The zero-order chi connectivity index (χ0) is 71.4. The number of carbonyl (C=O) groups is 10. The Balaban J connectivity index is 1.59. The average molecular weight is 1340 g/mol. The number of hydrazone groups is 1. The van der Waals surface area contributed by atoms with Crippen molar-refractivity contribution in [1.29, 1.82) is 0 Å². The van der Waals surface area contributed by atoms with Gasteiger partial charge in [-0.15, -0.1) is 0 Å². The lowest BCUT2D eigenvalue weighted by molar-refractivity contribution is -0.530. The number of amidine groups is 1. The molecule has 0 aliphatic heterocycles. The van der Waals surface area contributed by atoms with Crippen molar-refractivity contribution in [2.75, 3.05) is 19.8 Å². The number of unbranched alkanes of at least 4 members (excludes halogenated alkanes) is 2. The van der Waals surface area contributed by atoms with Crippen molar-refractivity contribution in [2.24, 2.45) is 23.0 Å². The van der Waals surface area contributed by atoms with Crippen LogP contribution in [0.15, 0.2) is 84.9 Å². The van der Waals surface area contributed by atoms with E-state index in [1.54, 1.807) is 12.1 Å². The monoisotopic (exact) mass is 1340 g/mol. The lowest BCUT2D eigenvalue weighted by Gasteiger charge is -2.34. The van der Waals surface area contributed by atoms with Crippen molar-refractivity contribution in [2.45, 2.75) is 179 Å². The normalized spacial score (nSPS) is 14.8. The number of hydrogen-bond acceptors (Lipinski definition) is 17. The lowest BCUT2D eigenvalue weighted by atomic mass is 9.90. The molecule has 0 heterocycles. The van der Waals surface area contributed by atoms with Gasteiger partial charge in [-0.2, -0.15) is 10.6 Å². The second-order valence-electron chi connectivity index (χ2n) is 23.8. The number of carboxylic acids is 1. The standard InChI is InChI=1S/C66H93FN14O15/c1-8-10-13-25-96-45-23-24-46(42(9-2)30-45)43-21-19-40(20-22-43)29-50(60(90)73-49(58(70)88)18-14-15-41-27-36(3)26-37(4)28-41)74-61(91)51(32-55(86)87)75-62(92)52(35-82)76-63(93)56(38(5)83)78-65(95)66(7,33-44-16-11-12-17-47(44)67)79-64(94)57(39(6)84)77-54(85)34-72-59(89)48(68)31-53(69)80-81-71/h11-12,16-17,19-24,26-28,30,38-39,48-52,56-57,81-84H,8-10,13-15,18,25,29,31-35,68,71H2,1-7H3,(H2,69,80)(H2,70,88)(H,72,89)(H,73,90)(H,74,91)(H,75,92)(H,76,93)(H,77,85)(H,78,95)(H,79,94)(H,86,87)/p+1. The molecule has 29 nitrogen and oxygen atoms in total. The molecule has 0 saturated heterocycles. The van der Waals surface area contributed by atoms with Crippen molar-refractivity contribution in [3.05, 3.63) is 124 Å². The van der Waals surface area contributed by atoms with Crippen LogP contribution in [-0.2, 0) is 73.6 Å². The summed E-state index contributed by atoms with van der Waals surface area (Å²) in [6.07, 6.45) is -1.08. The molecule has 524 valence electrons. The van der Waals surface area contributed by atoms with Crippen molar-refractivity contribution < 1.29 is 82.6 Å². The number of carbonyl (C=O) groups excluding carboxylic acids is 9. The number of benzene rings is 4. The van der Waals surface area contributed by atoms with Gasteiger partial charge in [0, 0.05) is 12.8 Å². The average Bonchev–Trinajstić information content (AvgIpc) is 0.814. The van der Waals surface area contributed by atoms with Gasteiger partial charge in [-0.3, -0.25) is 53.7 Å². The zero-order valence-corrected chi connectivity index (χ0v) is 55.1. The maximum absolute atomic E-state index is 15.3. The molecular formula is C66H94FN14O15+. The summed E-state index contributed by atoms with van der Waals surface area (Å²) in [5.41, 5.74) is 23.2. The first-order chi connectivity index (χ1) is 45.4. The van der Waals surface area contributed by atoms with Gasteiger partial charge in [0.15, 0.2) is 0 Å². The molecule has 0 aromatic heterocycles. The van der Waals surface area contributed by atoms with Crippen LogP contribution in [0.2, 0.25) is 0 Å². The molecule has 0 aliphatic rings. The molecule has 0 radical (unpaired) electrons. The number of amides is 9. The van der Waals surface area contributed by atoms with Gasteiger partial charge in [0.1, 0.15) is 53.4 Å². The van der Waals surface area contributed by atoms with Gasteiger partial charge < -0.3 is 79.2 Å². The smallest absolute Gasteiger partial charge is 0.305 e. The number of hydrogen-bond donors (Lipinski definition) is 18. The zero-order valence-electron chi connectivity index (χ0n) is 55.1. The number of nitrogens with one attached hydrogen (secondary N) is 10. The van der Waals surface area contributed by atoms with E-state index in [4.69, 9.17) is 27.8 Å². The number of hydrazine groups is 2. The van der Waals surface area contributed by atoms with Gasteiger partial charge in [0.2, 0.25) is 53.2 Å². The number of ether oxygens (including phenoxy) is 1. The Kier molecular flexibility index (Phi) is 31.8. The highest BCUT2D eigenvalue weighted by molar-refractivity contribution is 6.00.